The fourth-order valence-corrected chi connectivity index (χ4v) is 2.44. The summed E-state index contributed by atoms with van der Waals surface area (Å²) >= 11 is 0.953. The number of aromatic nitrogens is 1. The van der Waals surface area contributed by atoms with E-state index in [9.17, 15) is 8.42 Å². The van der Waals surface area contributed by atoms with Crippen LogP contribution in [0.3, 0.4) is 0 Å². The van der Waals surface area contributed by atoms with Gasteiger partial charge in [-0.05, 0) is 6.42 Å². The molecule has 1 atom stereocenters. The zero-order chi connectivity index (χ0) is 11.5. The first-order chi connectivity index (χ1) is 6.97. The summed E-state index contributed by atoms with van der Waals surface area (Å²) in [5.41, 5.74) is 0. The van der Waals surface area contributed by atoms with E-state index >= 15 is 0 Å². The van der Waals surface area contributed by atoms with Gasteiger partial charge in [0.05, 0.1) is 18.8 Å². The minimum atomic E-state index is -3.68. The maximum absolute atomic E-state index is 10.9. The molecular formula is C7H13N3O3S2. The van der Waals surface area contributed by atoms with Crippen molar-refractivity contribution < 1.29 is 13.5 Å². The van der Waals surface area contributed by atoms with E-state index in [0.717, 1.165) is 17.8 Å². The van der Waals surface area contributed by atoms with Crippen molar-refractivity contribution in [2.45, 2.75) is 23.6 Å². The van der Waals surface area contributed by atoms with Gasteiger partial charge in [-0.15, -0.1) is 0 Å². The molecule has 0 bridgehead atoms. The van der Waals surface area contributed by atoms with Crippen LogP contribution in [0.25, 0.3) is 0 Å². The lowest BCUT2D eigenvalue weighted by atomic mass is 10.2. The van der Waals surface area contributed by atoms with Crippen molar-refractivity contribution in [3.05, 3.63) is 6.20 Å². The fraction of sp³-hybridized carbons (Fsp3) is 0.571. The molecule has 15 heavy (non-hydrogen) atoms. The number of primary sulfonamides is 1. The lowest BCUT2D eigenvalue weighted by Crippen LogP contribution is -2.22. The molecule has 0 aliphatic heterocycles. The Morgan fingerprint density at radius 3 is 2.80 bits per heavy atom. The van der Waals surface area contributed by atoms with Gasteiger partial charge in [0.1, 0.15) is 0 Å². The number of hydrogen-bond acceptors (Lipinski definition) is 6. The van der Waals surface area contributed by atoms with Crippen LogP contribution in [0.2, 0.25) is 0 Å². The van der Waals surface area contributed by atoms with E-state index in [0.29, 0.717) is 5.13 Å². The normalized spacial score (nSPS) is 13.8. The van der Waals surface area contributed by atoms with Crippen molar-refractivity contribution in [2.24, 2.45) is 5.14 Å². The monoisotopic (exact) mass is 251 g/mol. The largest absolute Gasteiger partial charge is 0.394 e. The van der Waals surface area contributed by atoms with Crippen molar-refractivity contribution in [1.82, 2.24) is 4.98 Å². The van der Waals surface area contributed by atoms with Crippen molar-refractivity contribution in [3.8, 4) is 0 Å². The van der Waals surface area contributed by atoms with Gasteiger partial charge in [0.2, 0.25) is 10.0 Å². The number of aliphatic hydroxyl groups excluding tert-OH is 1. The Bertz CT molecular complexity index is 411. The van der Waals surface area contributed by atoms with E-state index in [1.165, 1.54) is 6.20 Å². The van der Waals surface area contributed by atoms with E-state index in [1.807, 2.05) is 6.92 Å². The van der Waals surface area contributed by atoms with Gasteiger partial charge in [-0.3, -0.25) is 0 Å². The molecule has 6 nitrogen and oxygen atoms in total. The molecule has 0 saturated heterocycles. The van der Waals surface area contributed by atoms with Crippen LogP contribution in [0.5, 0.6) is 0 Å². The lowest BCUT2D eigenvalue weighted by Gasteiger charge is -2.11. The Kier molecular flexibility index (Phi) is 4.03. The minimum absolute atomic E-state index is 0.0118. The van der Waals surface area contributed by atoms with E-state index in [2.05, 4.69) is 10.3 Å². The Morgan fingerprint density at radius 1 is 1.73 bits per heavy atom. The van der Waals surface area contributed by atoms with Crippen LogP contribution in [0.1, 0.15) is 13.3 Å². The van der Waals surface area contributed by atoms with Gasteiger partial charge < -0.3 is 10.4 Å². The predicted molar refractivity (Wildman–Crippen MR) is 58.3 cm³/mol. The van der Waals surface area contributed by atoms with Gasteiger partial charge in [-0.1, -0.05) is 18.3 Å². The van der Waals surface area contributed by atoms with E-state index in [4.69, 9.17) is 10.2 Å². The molecule has 86 valence electrons. The summed E-state index contributed by atoms with van der Waals surface area (Å²) in [5.74, 6) is 0. The van der Waals surface area contributed by atoms with Gasteiger partial charge in [-0.2, -0.15) is 0 Å². The molecule has 0 aliphatic rings. The number of nitrogens with two attached hydrogens (primary N) is 1. The molecule has 1 heterocycles. The number of nitrogens with one attached hydrogen (secondary N) is 1. The average molecular weight is 251 g/mol. The number of thiazole rings is 1. The fourth-order valence-electron chi connectivity index (χ4n) is 0.909. The Labute approximate surface area is 92.2 Å². The molecule has 0 aliphatic carbocycles. The van der Waals surface area contributed by atoms with Crippen LogP contribution >= 0.6 is 11.3 Å². The molecule has 0 amide bonds. The highest BCUT2D eigenvalue weighted by molar-refractivity contribution is 7.91. The van der Waals surface area contributed by atoms with E-state index in [1.54, 1.807) is 0 Å². The molecule has 4 N–H and O–H groups in total. The molecule has 0 spiro atoms. The standard InChI is InChI=1S/C7H13N3O3S2/c1-2-5(4-11)10-7-9-3-6(14-7)15(8,12)13/h3,5,11H,2,4H2,1H3,(H,9,10)(H2,8,12,13). The minimum Gasteiger partial charge on any atom is -0.394 e. The second-order valence-corrected chi connectivity index (χ2v) is 5.78. The van der Waals surface area contributed by atoms with Crippen LogP contribution in [-0.4, -0.2) is 31.2 Å². The molecule has 0 fully saturated rings. The third-order valence-corrected chi connectivity index (χ3v) is 4.14. The van der Waals surface area contributed by atoms with E-state index in [-0.39, 0.29) is 16.9 Å². The first-order valence-corrected chi connectivity index (χ1v) is 6.69. The smallest absolute Gasteiger partial charge is 0.249 e. The van der Waals surface area contributed by atoms with Gasteiger partial charge in [0.15, 0.2) is 9.34 Å². The highest BCUT2D eigenvalue weighted by Crippen LogP contribution is 2.22. The Hall–Kier alpha value is -0.700. The van der Waals surface area contributed by atoms with Crippen molar-refractivity contribution >= 4 is 26.5 Å². The topological polar surface area (TPSA) is 105 Å². The summed E-state index contributed by atoms with van der Waals surface area (Å²) in [6.45, 7) is 1.88. The van der Waals surface area contributed by atoms with Gasteiger partial charge >= 0.3 is 0 Å². The number of anilines is 1. The highest BCUT2D eigenvalue weighted by Gasteiger charge is 2.14. The molecule has 0 saturated carbocycles. The SMILES string of the molecule is CCC(CO)Nc1ncc(S(N)(=O)=O)s1. The second-order valence-electron chi connectivity index (χ2n) is 2.96. The zero-order valence-electron chi connectivity index (χ0n) is 8.17. The van der Waals surface area contributed by atoms with Crippen LogP contribution < -0.4 is 10.5 Å². The van der Waals surface area contributed by atoms with Gasteiger partial charge in [-0.25, -0.2) is 18.5 Å². The summed E-state index contributed by atoms with van der Waals surface area (Å²) in [6.07, 6.45) is 1.92. The van der Waals surface area contributed by atoms with Crippen LogP contribution in [0, 0.1) is 0 Å². The summed E-state index contributed by atoms with van der Waals surface area (Å²) in [6, 6.07) is -0.121. The first-order valence-electron chi connectivity index (χ1n) is 4.33. The maximum Gasteiger partial charge on any atom is 0.249 e. The molecule has 0 radical (unpaired) electrons. The van der Waals surface area contributed by atoms with Crippen LogP contribution in [0.15, 0.2) is 10.4 Å². The molecule has 1 aromatic heterocycles. The second kappa shape index (κ2) is 4.88. The average Bonchev–Trinajstić information content (AvgIpc) is 2.61. The third-order valence-electron chi connectivity index (χ3n) is 1.81. The van der Waals surface area contributed by atoms with Gasteiger partial charge in [0, 0.05) is 0 Å². The number of aliphatic hydroxyl groups is 1. The number of hydrogen-bond donors (Lipinski definition) is 3. The number of nitrogens with zero attached hydrogens (tertiary/aromatic N) is 1. The van der Waals surface area contributed by atoms with Crippen molar-refractivity contribution in [1.29, 1.82) is 0 Å². The molecular weight excluding hydrogens is 238 g/mol. The summed E-state index contributed by atoms with van der Waals surface area (Å²) in [4.78, 5) is 3.86. The highest BCUT2D eigenvalue weighted by atomic mass is 32.2. The molecule has 8 heteroatoms. The summed E-state index contributed by atoms with van der Waals surface area (Å²) in [7, 11) is -3.68. The Morgan fingerprint density at radius 2 is 2.40 bits per heavy atom. The van der Waals surface area contributed by atoms with Crippen LogP contribution in [0.4, 0.5) is 5.13 Å². The van der Waals surface area contributed by atoms with Crippen LogP contribution in [-0.2, 0) is 10.0 Å². The van der Waals surface area contributed by atoms with E-state index < -0.39 is 10.0 Å². The summed E-state index contributed by atoms with van der Waals surface area (Å²) < 4.78 is 21.9. The molecule has 0 aromatic carbocycles. The van der Waals surface area contributed by atoms with Crippen molar-refractivity contribution in [2.75, 3.05) is 11.9 Å². The van der Waals surface area contributed by atoms with Gasteiger partial charge in [0.25, 0.3) is 0 Å². The summed E-state index contributed by atoms with van der Waals surface area (Å²) in [5, 5.41) is 17.2. The number of sulfonamides is 1. The zero-order valence-corrected chi connectivity index (χ0v) is 9.81. The van der Waals surface area contributed by atoms with Crippen molar-refractivity contribution in [3.63, 3.8) is 0 Å². The molecule has 1 unspecified atom stereocenters. The maximum atomic E-state index is 10.9. The quantitative estimate of drug-likeness (QED) is 0.681. The molecule has 1 rings (SSSR count). The third kappa shape index (κ3) is 3.42. The lowest BCUT2D eigenvalue weighted by molar-refractivity contribution is 0.272. The first kappa shape index (κ1) is 12.4. The number of rotatable bonds is 5. The predicted octanol–water partition coefficient (Wildman–Crippen LogP) is -0.0267. The molecule has 1 aromatic rings. The Balaban J connectivity index is 2.77.